The SMILES string of the molecule is Cc1cccc(C(=O)CSCc2ccccc2)c1. The van der Waals surface area contributed by atoms with E-state index in [1.807, 2.05) is 49.4 Å². The lowest BCUT2D eigenvalue weighted by atomic mass is 10.1. The highest BCUT2D eigenvalue weighted by atomic mass is 32.2. The Bertz CT molecular complexity index is 520. The third-order valence-electron chi connectivity index (χ3n) is 2.68. The van der Waals surface area contributed by atoms with Gasteiger partial charge in [-0.25, -0.2) is 0 Å². The van der Waals surface area contributed by atoms with Crippen LogP contribution in [-0.4, -0.2) is 11.5 Å². The quantitative estimate of drug-likeness (QED) is 0.749. The summed E-state index contributed by atoms with van der Waals surface area (Å²) in [5.41, 5.74) is 3.21. The lowest BCUT2D eigenvalue weighted by Crippen LogP contribution is -2.02. The molecule has 0 aliphatic heterocycles. The zero-order valence-corrected chi connectivity index (χ0v) is 11.2. The number of Topliss-reactive ketones (excluding diaryl/α,β-unsaturated/α-hetero) is 1. The zero-order valence-electron chi connectivity index (χ0n) is 10.4. The standard InChI is InChI=1S/C16H16OS/c1-13-6-5-9-15(10-13)16(17)12-18-11-14-7-3-2-4-8-14/h2-10H,11-12H2,1H3. The number of rotatable bonds is 5. The van der Waals surface area contributed by atoms with E-state index in [0.717, 1.165) is 16.9 Å². The molecule has 0 spiro atoms. The first-order chi connectivity index (χ1) is 8.75. The molecule has 0 heterocycles. The molecule has 0 atom stereocenters. The minimum absolute atomic E-state index is 0.208. The predicted molar refractivity (Wildman–Crippen MR) is 78.1 cm³/mol. The Labute approximate surface area is 112 Å². The van der Waals surface area contributed by atoms with Gasteiger partial charge in [-0.05, 0) is 18.6 Å². The smallest absolute Gasteiger partial charge is 0.172 e. The predicted octanol–water partition coefficient (Wildman–Crippen LogP) is 4.11. The number of aryl methyl sites for hydroxylation is 1. The van der Waals surface area contributed by atoms with E-state index in [-0.39, 0.29) is 5.78 Å². The third-order valence-corrected chi connectivity index (χ3v) is 3.69. The van der Waals surface area contributed by atoms with Crippen LogP contribution in [0.2, 0.25) is 0 Å². The van der Waals surface area contributed by atoms with Crippen molar-refractivity contribution < 1.29 is 4.79 Å². The normalized spacial score (nSPS) is 10.3. The van der Waals surface area contributed by atoms with Crippen LogP contribution in [0.3, 0.4) is 0 Å². The monoisotopic (exact) mass is 256 g/mol. The van der Waals surface area contributed by atoms with Gasteiger partial charge in [0.1, 0.15) is 0 Å². The van der Waals surface area contributed by atoms with E-state index in [2.05, 4.69) is 12.1 Å². The number of carbonyl (C=O) groups excluding carboxylic acids is 1. The molecule has 2 aromatic carbocycles. The molecule has 0 unspecified atom stereocenters. The van der Waals surface area contributed by atoms with E-state index in [1.54, 1.807) is 11.8 Å². The van der Waals surface area contributed by atoms with Gasteiger partial charge in [0.05, 0.1) is 5.75 Å². The van der Waals surface area contributed by atoms with Crippen molar-refractivity contribution in [3.63, 3.8) is 0 Å². The Hall–Kier alpha value is -1.54. The van der Waals surface area contributed by atoms with Gasteiger partial charge in [-0.3, -0.25) is 4.79 Å². The Morgan fingerprint density at radius 3 is 2.56 bits per heavy atom. The van der Waals surface area contributed by atoms with Crippen LogP contribution in [0, 0.1) is 6.92 Å². The molecule has 1 nitrogen and oxygen atoms in total. The first kappa shape index (κ1) is 12.9. The Morgan fingerprint density at radius 2 is 1.83 bits per heavy atom. The van der Waals surface area contributed by atoms with E-state index in [1.165, 1.54) is 5.56 Å². The van der Waals surface area contributed by atoms with Gasteiger partial charge in [0, 0.05) is 11.3 Å². The lowest BCUT2D eigenvalue weighted by molar-refractivity contribution is 0.102. The summed E-state index contributed by atoms with van der Waals surface area (Å²) >= 11 is 1.67. The van der Waals surface area contributed by atoms with Crippen LogP contribution < -0.4 is 0 Å². The largest absolute Gasteiger partial charge is 0.293 e. The highest BCUT2D eigenvalue weighted by Gasteiger charge is 2.05. The molecule has 0 radical (unpaired) electrons. The maximum Gasteiger partial charge on any atom is 0.172 e. The van der Waals surface area contributed by atoms with Crippen molar-refractivity contribution in [1.82, 2.24) is 0 Å². The summed E-state index contributed by atoms with van der Waals surface area (Å²) in [6, 6.07) is 18.0. The fraction of sp³-hybridized carbons (Fsp3) is 0.188. The highest BCUT2D eigenvalue weighted by molar-refractivity contribution is 7.99. The van der Waals surface area contributed by atoms with E-state index in [4.69, 9.17) is 0 Å². The van der Waals surface area contributed by atoms with Crippen molar-refractivity contribution >= 4 is 17.5 Å². The summed E-state index contributed by atoms with van der Waals surface area (Å²) in [6.07, 6.45) is 0. The maximum absolute atomic E-state index is 12.0. The van der Waals surface area contributed by atoms with Crippen LogP contribution in [-0.2, 0) is 5.75 Å². The molecule has 18 heavy (non-hydrogen) atoms. The zero-order chi connectivity index (χ0) is 12.8. The summed E-state index contributed by atoms with van der Waals surface area (Å²) in [6.45, 7) is 2.01. The highest BCUT2D eigenvalue weighted by Crippen LogP contribution is 2.14. The van der Waals surface area contributed by atoms with E-state index in [9.17, 15) is 4.79 Å². The second-order valence-electron chi connectivity index (χ2n) is 4.27. The van der Waals surface area contributed by atoms with Crippen molar-refractivity contribution in [2.24, 2.45) is 0 Å². The molecular weight excluding hydrogens is 240 g/mol. The average Bonchev–Trinajstić information content (AvgIpc) is 2.40. The second kappa shape index (κ2) is 6.41. The summed E-state index contributed by atoms with van der Waals surface area (Å²) in [5, 5.41) is 0. The fourth-order valence-electron chi connectivity index (χ4n) is 1.74. The number of ketones is 1. The number of hydrogen-bond acceptors (Lipinski definition) is 2. The fourth-order valence-corrected chi connectivity index (χ4v) is 2.62. The van der Waals surface area contributed by atoms with Gasteiger partial charge in [0.15, 0.2) is 5.78 Å². The molecule has 2 heteroatoms. The van der Waals surface area contributed by atoms with Crippen LogP contribution >= 0.6 is 11.8 Å². The first-order valence-electron chi connectivity index (χ1n) is 5.97. The molecule has 0 N–H and O–H groups in total. The van der Waals surface area contributed by atoms with Gasteiger partial charge in [0.2, 0.25) is 0 Å². The maximum atomic E-state index is 12.0. The molecule has 0 aliphatic rings. The Morgan fingerprint density at radius 1 is 1.06 bits per heavy atom. The van der Waals surface area contributed by atoms with Gasteiger partial charge >= 0.3 is 0 Å². The van der Waals surface area contributed by atoms with E-state index in [0.29, 0.717) is 5.75 Å². The van der Waals surface area contributed by atoms with E-state index >= 15 is 0 Å². The Kier molecular flexibility index (Phi) is 4.59. The van der Waals surface area contributed by atoms with Gasteiger partial charge < -0.3 is 0 Å². The lowest BCUT2D eigenvalue weighted by Gasteiger charge is -2.03. The Balaban J connectivity index is 1.86. The number of benzene rings is 2. The van der Waals surface area contributed by atoms with Gasteiger partial charge in [-0.2, -0.15) is 0 Å². The molecule has 0 saturated heterocycles. The van der Waals surface area contributed by atoms with Crippen molar-refractivity contribution in [1.29, 1.82) is 0 Å². The van der Waals surface area contributed by atoms with Crippen molar-refractivity contribution in [2.45, 2.75) is 12.7 Å². The number of carbonyl (C=O) groups is 1. The van der Waals surface area contributed by atoms with Crippen LogP contribution in [0.15, 0.2) is 54.6 Å². The minimum atomic E-state index is 0.208. The van der Waals surface area contributed by atoms with Gasteiger partial charge in [0.25, 0.3) is 0 Å². The molecule has 0 aliphatic carbocycles. The topological polar surface area (TPSA) is 17.1 Å². The molecule has 0 aromatic heterocycles. The summed E-state index contributed by atoms with van der Waals surface area (Å²) in [4.78, 5) is 12.0. The van der Waals surface area contributed by atoms with Gasteiger partial charge in [-0.1, -0.05) is 54.1 Å². The second-order valence-corrected chi connectivity index (χ2v) is 5.26. The summed E-state index contributed by atoms with van der Waals surface area (Å²) < 4.78 is 0. The van der Waals surface area contributed by atoms with Crippen LogP contribution in [0.5, 0.6) is 0 Å². The molecule has 92 valence electrons. The molecule has 0 amide bonds. The molecule has 0 saturated carbocycles. The van der Waals surface area contributed by atoms with Gasteiger partial charge in [-0.15, -0.1) is 11.8 Å². The number of thioether (sulfide) groups is 1. The van der Waals surface area contributed by atoms with Crippen LogP contribution in [0.25, 0.3) is 0 Å². The minimum Gasteiger partial charge on any atom is -0.293 e. The van der Waals surface area contributed by atoms with Crippen LogP contribution in [0.4, 0.5) is 0 Å². The average molecular weight is 256 g/mol. The van der Waals surface area contributed by atoms with E-state index < -0.39 is 0 Å². The molecule has 0 bridgehead atoms. The molecular formula is C16H16OS. The first-order valence-corrected chi connectivity index (χ1v) is 7.13. The van der Waals surface area contributed by atoms with Crippen molar-refractivity contribution in [3.8, 4) is 0 Å². The van der Waals surface area contributed by atoms with Crippen molar-refractivity contribution in [3.05, 3.63) is 71.3 Å². The number of hydrogen-bond donors (Lipinski definition) is 0. The third kappa shape index (κ3) is 3.74. The summed E-state index contributed by atoms with van der Waals surface area (Å²) in [5.74, 6) is 1.64. The summed E-state index contributed by atoms with van der Waals surface area (Å²) in [7, 11) is 0. The molecule has 0 fully saturated rings. The molecule has 2 rings (SSSR count). The molecule has 2 aromatic rings. The van der Waals surface area contributed by atoms with Crippen molar-refractivity contribution in [2.75, 3.05) is 5.75 Å². The van der Waals surface area contributed by atoms with Crippen LogP contribution in [0.1, 0.15) is 21.5 Å².